The van der Waals surface area contributed by atoms with E-state index < -0.39 is 17.7 Å². The van der Waals surface area contributed by atoms with Gasteiger partial charge in [-0.3, -0.25) is 10.1 Å². The van der Waals surface area contributed by atoms with E-state index in [0.29, 0.717) is 28.7 Å². The first-order valence-electron chi connectivity index (χ1n) is 6.81. The van der Waals surface area contributed by atoms with Crippen LogP contribution in [0.3, 0.4) is 0 Å². The van der Waals surface area contributed by atoms with E-state index in [1.54, 1.807) is 41.5 Å². The number of rotatable bonds is 3. The number of hydrogen-bond acceptors (Lipinski definition) is 4. The first-order chi connectivity index (χ1) is 9.99. The minimum absolute atomic E-state index is 0.0127. The van der Waals surface area contributed by atoms with Crippen molar-refractivity contribution < 1.29 is 24.2 Å². The van der Waals surface area contributed by atoms with Crippen molar-refractivity contribution in [2.75, 3.05) is 5.32 Å². The van der Waals surface area contributed by atoms with Gasteiger partial charge in [0.2, 0.25) is 0 Å². The topological polar surface area (TPSA) is 92.7 Å². The predicted molar refractivity (Wildman–Crippen MR) is 82.9 cm³/mol. The fraction of sp³-hybridized carbons (Fsp3) is 0.438. The molecule has 0 saturated carbocycles. The lowest BCUT2D eigenvalue weighted by Crippen LogP contribution is -2.28. The number of benzene rings is 1. The van der Waals surface area contributed by atoms with Gasteiger partial charge in [0.25, 0.3) is 0 Å². The lowest BCUT2D eigenvalue weighted by atomic mass is 9.92. The molecule has 0 bridgehead atoms. The number of aldehydes is 1. The summed E-state index contributed by atoms with van der Waals surface area (Å²) in [5.74, 6) is -1.15. The number of anilines is 1. The molecule has 0 aliphatic rings. The largest absolute Gasteiger partial charge is 0.478 e. The zero-order valence-electron chi connectivity index (χ0n) is 13.7. The molecule has 1 aromatic carbocycles. The highest BCUT2D eigenvalue weighted by molar-refractivity contribution is 6.00. The van der Waals surface area contributed by atoms with Crippen molar-refractivity contribution >= 4 is 24.0 Å². The Bertz CT molecular complexity index is 641. The van der Waals surface area contributed by atoms with Gasteiger partial charge in [0.1, 0.15) is 5.60 Å². The Morgan fingerprint density at radius 2 is 1.64 bits per heavy atom. The van der Waals surface area contributed by atoms with Gasteiger partial charge in [0.05, 0.1) is 11.3 Å². The maximum atomic E-state index is 11.9. The van der Waals surface area contributed by atoms with E-state index in [-0.39, 0.29) is 11.1 Å². The molecule has 22 heavy (non-hydrogen) atoms. The van der Waals surface area contributed by atoms with Crippen molar-refractivity contribution in [2.45, 2.75) is 47.1 Å². The Morgan fingerprint density at radius 3 is 2.05 bits per heavy atom. The third kappa shape index (κ3) is 3.63. The quantitative estimate of drug-likeness (QED) is 0.834. The standard InChI is InChI=1S/C16H21NO5/c1-8-11(7-18)9(2)13(10(3)12(8)14(19)20)17-15(21)22-16(4,5)6/h7H,1-6H3,(H,17,21)(H,19,20). The molecule has 0 heterocycles. The molecule has 0 spiro atoms. The molecule has 0 atom stereocenters. The highest BCUT2D eigenvalue weighted by Gasteiger charge is 2.23. The van der Waals surface area contributed by atoms with Crippen LogP contribution < -0.4 is 5.32 Å². The maximum Gasteiger partial charge on any atom is 0.412 e. The van der Waals surface area contributed by atoms with Gasteiger partial charge in [-0.05, 0) is 58.2 Å². The van der Waals surface area contributed by atoms with Gasteiger partial charge in [0.15, 0.2) is 6.29 Å². The first-order valence-corrected chi connectivity index (χ1v) is 6.81. The molecule has 6 heteroatoms. The van der Waals surface area contributed by atoms with Crippen LogP contribution in [0.2, 0.25) is 0 Å². The summed E-state index contributed by atoms with van der Waals surface area (Å²) in [5, 5.41) is 11.9. The molecule has 0 unspecified atom stereocenters. The van der Waals surface area contributed by atoms with Crippen LogP contribution in [0.1, 0.15) is 58.2 Å². The summed E-state index contributed by atoms with van der Waals surface area (Å²) in [6.45, 7) is 9.99. The molecular weight excluding hydrogens is 286 g/mol. The van der Waals surface area contributed by atoms with Crippen molar-refractivity contribution in [2.24, 2.45) is 0 Å². The number of carbonyl (C=O) groups excluding carboxylic acids is 2. The summed E-state index contributed by atoms with van der Waals surface area (Å²) in [7, 11) is 0. The Labute approximate surface area is 129 Å². The first kappa shape index (κ1) is 17.7. The number of nitrogens with one attached hydrogen (secondary N) is 1. The molecule has 0 aliphatic carbocycles. The van der Waals surface area contributed by atoms with E-state index in [4.69, 9.17) is 4.74 Å². The second kappa shape index (κ2) is 6.17. The van der Waals surface area contributed by atoms with Crippen molar-refractivity contribution in [1.29, 1.82) is 0 Å². The second-order valence-corrected chi connectivity index (χ2v) is 6.09. The van der Waals surface area contributed by atoms with E-state index in [1.807, 2.05) is 0 Å². The van der Waals surface area contributed by atoms with Gasteiger partial charge in [0, 0.05) is 5.56 Å². The molecule has 0 radical (unpaired) electrons. The SMILES string of the molecule is Cc1c(C=O)c(C)c(C(=O)O)c(C)c1NC(=O)OC(C)(C)C. The highest BCUT2D eigenvalue weighted by Crippen LogP contribution is 2.30. The molecule has 2 N–H and O–H groups in total. The summed E-state index contributed by atoms with van der Waals surface area (Å²) >= 11 is 0. The minimum atomic E-state index is -1.15. The number of carboxylic acid groups (broad SMARTS) is 1. The van der Waals surface area contributed by atoms with E-state index in [1.165, 1.54) is 0 Å². The van der Waals surface area contributed by atoms with E-state index >= 15 is 0 Å². The number of carbonyl (C=O) groups is 3. The van der Waals surface area contributed by atoms with Crippen LogP contribution in [0.4, 0.5) is 10.5 Å². The molecule has 0 saturated heterocycles. The van der Waals surface area contributed by atoms with Crippen LogP contribution in [0.15, 0.2) is 0 Å². The van der Waals surface area contributed by atoms with Crippen molar-refractivity contribution in [3.05, 3.63) is 27.8 Å². The molecular formula is C16H21NO5. The molecule has 120 valence electrons. The zero-order valence-corrected chi connectivity index (χ0v) is 13.7. The Balaban J connectivity index is 3.42. The second-order valence-electron chi connectivity index (χ2n) is 6.09. The number of aromatic carboxylic acids is 1. The van der Waals surface area contributed by atoms with Crippen LogP contribution in [0, 0.1) is 20.8 Å². The third-order valence-electron chi connectivity index (χ3n) is 3.27. The average molecular weight is 307 g/mol. The molecule has 0 fully saturated rings. The van der Waals surface area contributed by atoms with Crippen LogP contribution in [0.25, 0.3) is 0 Å². The normalized spacial score (nSPS) is 11.0. The number of amides is 1. The summed E-state index contributed by atoms with van der Waals surface area (Å²) < 4.78 is 5.17. The third-order valence-corrected chi connectivity index (χ3v) is 3.27. The Hall–Kier alpha value is -2.37. The number of hydrogen-bond donors (Lipinski definition) is 2. The van der Waals surface area contributed by atoms with Gasteiger partial charge in [-0.1, -0.05) is 0 Å². The van der Waals surface area contributed by atoms with Crippen LogP contribution in [-0.4, -0.2) is 29.1 Å². The van der Waals surface area contributed by atoms with Gasteiger partial charge < -0.3 is 9.84 Å². The van der Waals surface area contributed by atoms with Crippen LogP contribution >= 0.6 is 0 Å². The number of ether oxygens (including phenoxy) is 1. The Kier molecular flexibility index (Phi) is 4.96. The fourth-order valence-corrected chi connectivity index (χ4v) is 2.33. The molecule has 0 aliphatic heterocycles. The summed E-state index contributed by atoms with van der Waals surface area (Å²) in [5.41, 5.74) is 1.17. The molecule has 6 nitrogen and oxygen atoms in total. The summed E-state index contributed by atoms with van der Waals surface area (Å²) in [6, 6.07) is 0. The Morgan fingerprint density at radius 1 is 1.09 bits per heavy atom. The van der Waals surface area contributed by atoms with Crippen LogP contribution in [-0.2, 0) is 4.74 Å². The lowest BCUT2D eigenvalue weighted by Gasteiger charge is -2.22. The van der Waals surface area contributed by atoms with E-state index in [0.717, 1.165) is 0 Å². The van der Waals surface area contributed by atoms with Crippen molar-refractivity contribution in [3.63, 3.8) is 0 Å². The smallest absolute Gasteiger partial charge is 0.412 e. The van der Waals surface area contributed by atoms with Gasteiger partial charge in [-0.25, -0.2) is 9.59 Å². The molecule has 1 aromatic rings. The fourth-order valence-electron chi connectivity index (χ4n) is 2.33. The van der Waals surface area contributed by atoms with Crippen LogP contribution in [0.5, 0.6) is 0 Å². The minimum Gasteiger partial charge on any atom is -0.478 e. The molecule has 1 amide bonds. The summed E-state index contributed by atoms with van der Waals surface area (Å²) in [4.78, 5) is 34.6. The molecule has 0 aromatic heterocycles. The molecule has 1 rings (SSSR count). The lowest BCUT2D eigenvalue weighted by molar-refractivity contribution is 0.0632. The monoisotopic (exact) mass is 307 g/mol. The average Bonchev–Trinajstić information content (AvgIpc) is 2.32. The maximum absolute atomic E-state index is 11.9. The van der Waals surface area contributed by atoms with E-state index in [9.17, 15) is 19.5 Å². The van der Waals surface area contributed by atoms with Crippen molar-refractivity contribution in [1.82, 2.24) is 0 Å². The predicted octanol–water partition coefficient (Wildman–Crippen LogP) is 3.47. The zero-order chi connectivity index (χ0) is 17.2. The highest BCUT2D eigenvalue weighted by atomic mass is 16.6. The van der Waals surface area contributed by atoms with Crippen molar-refractivity contribution in [3.8, 4) is 0 Å². The van der Waals surface area contributed by atoms with Gasteiger partial charge in [-0.2, -0.15) is 0 Å². The van der Waals surface area contributed by atoms with E-state index in [2.05, 4.69) is 5.32 Å². The van der Waals surface area contributed by atoms with Gasteiger partial charge >= 0.3 is 12.1 Å². The summed E-state index contributed by atoms with van der Waals surface area (Å²) in [6.07, 6.45) is -0.104. The van der Waals surface area contributed by atoms with Gasteiger partial charge in [-0.15, -0.1) is 0 Å². The number of carboxylic acids is 1.